The van der Waals surface area contributed by atoms with Gasteiger partial charge in [-0.3, -0.25) is 9.78 Å². The fourth-order valence-electron chi connectivity index (χ4n) is 4.07. The van der Waals surface area contributed by atoms with Crippen molar-refractivity contribution in [2.45, 2.75) is 41.5 Å². The molecule has 1 radical (unpaired) electrons. The zero-order valence-electron chi connectivity index (χ0n) is 22.3. The van der Waals surface area contributed by atoms with E-state index >= 15 is 0 Å². The van der Waals surface area contributed by atoms with E-state index in [4.69, 9.17) is 4.98 Å². The van der Waals surface area contributed by atoms with Gasteiger partial charge in [0, 0.05) is 56.6 Å². The van der Waals surface area contributed by atoms with Crippen molar-refractivity contribution in [2.24, 2.45) is 10.8 Å². The Balaban J connectivity index is 0.000000209. The predicted octanol–water partition coefficient (Wildman–Crippen LogP) is 9.86. The second kappa shape index (κ2) is 10.5. The quantitative estimate of drug-likeness (QED) is 0.105. The minimum atomic E-state index is -0.417. The number of hydrogen-bond donors (Lipinski definition) is 1. The summed E-state index contributed by atoms with van der Waals surface area (Å²) in [6, 6.07) is 24.9. The molecule has 0 bridgehead atoms. The molecule has 38 heavy (non-hydrogen) atoms. The van der Waals surface area contributed by atoms with E-state index in [-0.39, 0.29) is 37.1 Å². The molecule has 6 heteroatoms. The number of carbonyl (C=O) groups is 1. The molecule has 0 amide bonds. The third kappa shape index (κ3) is 5.41. The average molecular weight is 717 g/mol. The SMILES string of the molecule is CC(C)(C)C(=O)/C=C(\O)C(C)(C)C.[Ir].[c-]1ccc2sc3cccc4sc5cc6ccccc6nc5c1c2c43. The fourth-order valence-corrected chi connectivity index (χ4v) is 6.41. The van der Waals surface area contributed by atoms with Gasteiger partial charge in [0.1, 0.15) is 5.76 Å². The zero-order chi connectivity index (χ0) is 26.5. The van der Waals surface area contributed by atoms with Gasteiger partial charge in [0.2, 0.25) is 0 Å². The first-order valence-electron chi connectivity index (χ1n) is 12.3. The number of aliphatic hydroxyl groups excluding tert-OH is 1. The molecule has 3 nitrogen and oxygen atoms in total. The van der Waals surface area contributed by atoms with E-state index < -0.39 is 5.41 Å². The molecule has 0 spiro atoms. The first-order valence-corrected chi connectivity index (χ1v) is 14.0. The second-order valence-electron chi connectivity index (χ2n) is 11.3. The van der Waals surface area contributed by atoms with Crippen LogP contribution in [0, 0.1) is 16.9 Å². The summed E-state index contributed by atoms with van der Waals surface area (Å²) in [5.41, 5.74) is 1.33. The predicted molar refractivity (Wildman–Crippen MR) is 161 cm³/mol. The van der Waals surface area contributed by atoms with Crippen LogP contribution in [0.1, 0.15) is 41.5 Å². The molecule has 0 saturated heterocycles. The summed E-state index contributed by atoms with van der Waals surface area (Å²) in [6.07, 6.45) is 1.33. The van der Waals surface area contributed by atoms with Gasteiger partial charge < -0.3 is 5.11 Å². The topological polar surface area (TPSA) is 50.2 Å². The summed E-state index contributed by atoms with van der Waals surface area (Å²) >= 11 is 3.68. The van der Waals surface area contributed by atoms with E-state index in [9.17, 15) is 9.90 Å². The maximum atomic E-state index is 11.5. The molecule has 3 aromatic carbocycles. The molecule has 0 aliphatic rings. The van der Waals surface area contributed by atoms with Crippen LogP contribution in [-0.2, 0) is 24.9 Å². The van der Waals surface area contributed by atoms with Gasteiger partial charge >= 0.3 is 0 Å². The molecule has 0 aliphatic heterocycles. The van der Waals surface area contributed by atoms with E-state index in [0.717, 1.165) is 16.4 Å². The average Bonchev–Trinajstić information content (AvgIpc) is 3.16. The number of aromatic nitrogens is 1. The minimum Gasteiger partial charge on any atom is -0.512 e. The van der Waals surface area contributed by atoms with Gasteiger partial charge in [0.05, 0.1) is 5.52 Å². The number of benzene rings is 3. The number of fused-ring (bicyclic) bond motifs is 3. The molecule has 0 unspecified atom stereocenters. The van der Waals surface area contributed by atoms with Gasteiger partial charge in [-0.15, -0.1) is 34.9 Å². The van der Waals surface area contributed by atoms with Crippen LogP contribution < -0.4 is 0 Å². The van der Waals surface area contributed by atoms with Gasteiger partial charge in [0.15, 0.2) is 5.78 Å². The number of thiophene rings is 1. The number of nitrogens with zero attached hydrogens (tertiary/aromatic N) is 1. The van der Waals surface area contributed by atoms with Crippen LogP contribution in [0.2, 0.25) is 0 Å². The van der Waals surface area contributed by atoms with E-state index in [1.54, 1.807) is 0 Å². The van der Waals surface area contributed by atoms with Gasteiger partial charge in [-0.1, -0.05) is 71.2 Å². The summed E-state index contributed by atoms with van der Waals surface area (Å²) in [5, 5.41) is 14.5. The second-order valence-corrected chi connectivity index (χ2v) is 13.5. The van der Waals surface area contributed by atoms with Crippen molar-refractivity contribution in [3.05, 3.63) is 78.6 Å². The number of ketones is 1. The van der Waals surface area contributed by atoms with E-state index in [1.165, 1.54) is 41.0 Å². The number of aliphatic hydroxyl groups is 1. The largest absolute Gasteiger partial charge is 0.512 e. The first kappa shape index (κ1) is 28.4. The van der Waals surface area contributed by atoms with E-state index in [2.05, 4.69) is 54.6 Å². The molecule has 3 aromatic heterocycles. The maximum absolute atomic E-state index is 11.5. The fraction of sp³-hybridized carbons (Fsp3) is 0.250. The molecule has 6 aromatic rings. The number of pyridine rings is 1. The van der Waals surface area contributed by atoms with Gasteiger partial charge in [-0.25, -0.2) is 0 Å². The number of rotatable bonds is 1. The Morgan fingerprint density at radius 3 is 2.13 bits per heavy atom. The molecule has 0 fully saturated rings. The summed E-state index contributed by atoms with van der Waals surface area (Å²) in [5.74, 6) is 0.104. The zero-order valence-corrected chi connectivity index (χ0v) is 26.3. The summed E-state index contributed by atoms with van der Waals surface area (Å²) in [7, 11) is 0. The molecule has 1 N–H and O–H groups in total. The maximum Gasteiger partial charge on any atom is 0.164 e. The van der Waals surface area contributed by atoms with E-state index in [1.807, 2.05) is 76.3 Å². The Morgan fingerprint density at radius 1 is 0.842 bits per heavy atom. The molecular formula is C32H30IrNO2S2-. The monoisotopic (exact) mass is 717 g/mol. The molecule has 197 valence electrons. The molecule has 0 atom stereocenters. The van der Waals surface area contributed by atoms with Gasteiger partial charge in [0.25, 0.3) is 0 Å². The Labute approximate surface area is 244 Å². The Kier molecular flexibility index (Phi) is 7.84. The standard InChI is InChI=1S/C21H10NS2.C11H20O2.Ir/c1-2-7-14-12(5-1)11-18-21(22-14)13-6-3-8-15-19(13)20-16(23-15)9-4-10-17(20)24-18;1-10(2,3)8(12)7-9(13)11(4,5)6;/h1-5,7-11H;7,12H,1-6H3;/q-1;;/b;8-7-;. The van der Waals surface area contributed by atoms with Crippen LogP contribution in [0.3, 0.4) is 0 Å². The minimum absolute atomic E-state index is 0. The van der Waals surface area contributed by atoms with Crippen LogP contribution in [0.4, 0.5) is 0 Å². The number of hydrogen-bond acceptors (Lipinski definition) is 5. The summed E-state index contributed by atoms with van der Waals surface area (Å²) in [6.45, 7) is 11.1. The Morgan fingerprint density at radius 2 is 1.47 bits per heavy atom. The number of carbonyl (C=O) groups excluding carboxylic acids is 1. The summed E-state index contributed by atoms with van der Waals surface area (Å²) < 4.78 is 5.18. The molecule has 0 aliphatic carbocycles. The van der Waals surface area contributed by atoms with Crippen molar-refractivity contribution in [3.8, 4) is 0 Å². The van der Waals surface area contributed by atoms with Gasteiger partial charge in [-0.2, -0.15) is 11.3 Å². The molecule has 0 saturated carbocycles. The molecule has 6 rings (SSSR count). The van der Waals surface area contributed by atoms with Crippen LogP contribution in [-0.4, -0.2) is 15.9 Å². The summed E-state index contributed by atoms with van der Waals surface area (Å²) in [4.78, 5) is 16.5. The molecular weight excluding hydrogens is 687 g/mol. The number of para-hydroxylation sites is 1. The normalized spacial score (nSPS) is 12.6. The van der Waals surface area contributed by atoms with Crippen LogP contribution >= 0.6 is 22.7 Å². The molecule has 3 heterocycles. The van der Waals surface area contributed by atoms with Crippen LogP contribution in [0.25, 0.3) is 51.4 Å². The third-order valence-electron chi connectivity index (χ3n) is 6.34. The third-order valence-corrected chi connectivity index (χ3v) is 8.55. The van der Waals surface area contributed by atoms with Crippen molar-refractivity contribution in [2.75, 3.05) is 0 Å². The Hall–Kier alpha value is -2.63. The Bertz CT molecular complexity index is 1830. The smallest absolute Gasteiger partial charge is 0.164 e. The van der Waals surface area contributed by atoms with Crippen molar-refractivity contribution in [1.29, 1.82) is 0 Å². The van der Waals surface area contributed by atoms with Crippen molar-refractivity contribution >= 4 is 79.8 Å². The van der Waals surface area contributed by atoms with Gasteiger partial charge in [-0.05, 0) is 39.7 Å². The van der Waals surface area contributed by atoms with Crippen LogP contribution in [0.15, 0.2) is 72.5 Å². The van der Waals surface area contributed by atoms with Crippen molar-refractivity contribution in [1.82, 2.24) is 4.98 Å². The van der Waals surface area contributed by atoms with Crippen molar-refractivity contribution < 1.29 is 30.0 Å². The van der Waals surface area contributed by atoms with Crippen molar-refractivity contribution in [3.63, 3.8) is 0 Å². The number of allylic oxidation sites excluding steroid dienone is 2. The van der Waals surface area contributed by atoms with E-state index in [0.29, 0.717) is 0 Å². The van der Waals surface area contributed by atoms with Crippen LogP contribution in [0.5, 0.6) is 0 Å². The first-order chi connectivity index (χ1) is 17.4.